The molecule has 1 N–H and O–H groups in total. The maximum absolute atomic E-state index is 12.1. The number of para-hydroxylation sites is 2. The fraction of sp³-hybridized carbons (Fsp3) is 0.0500. The summed E-state index contributed by atoms with van der Waals surface area (Å²) in [5, 5.41) is 2.82. The monoisotopic (exact) mass is 335 g/mol. The molecule has 0 radical (unpaired) electrons. The van der Waals surface area contributed by atoms with Crippen LogP contribution in [0.25, 0.3) is 16.5 Å². The number of nitrogens with one attached hydrogen (secondary N) is 1. The van der Waals surface area contributed by atoms with E-state index in [1.54, 1.807) is 18.4 Å². The maximum Gasteiger partial charge on any atom is 0.248 e. The van der Waals surface area contributed by atoms with Gasteiger partial charge in [0.25, 0.3) is 0 Å². The van der Waals surface area contributed by atoms with Crippen LogP contribution in [0.4, 0.5) is 5.69 Å². The molecule has 2 aromatic carbocycles. The van der Waals surface area contributed by atoms with Crippen LogP contribution in [0.5, 0.6) is 5.75 Å². The molecule has 0 aliphatic carbocycles. The third kappa shape index (κ3) is 3.91. The van der Waals surface area contributed by atoms with Gasteiger partial charge >= 0.3 is 0 Å². The van der Waals surface area contributed by atoms with E-state index in [0.717, 1.165) is 4.88 Å². The van der Waals surface area contributed by atoms with E-state index >= 15 is 0 Å². The van der Waals surface area contributed by atoms with Crippen molar-refractivity contribution < 1.29 is 9.53 Å². The number of carbonyl (C=O) groups is 1. The molecule has 1 aromatic heterocycles. The molecule has 0 atom stereocenters. The van der Waals surface area contributed by atoms with Gasteiger partial charge in [-0.2, -0.15) is 0 Å². The van der Waals surface area contributed by atoms with Crippen molar-refractivity contribution in [2.75, 3.05) is 12.4 Å². The van der Waals surface area contributed by atoms with E-state index < -0.39 is 0 Å². The van der Waals surface area contributed by atoms with Gasteiger partial charge in [-0.3, -0.25) is 4.79 Å². The first kappa shape index (κ1) is 16.0. The third-order valence-electron chi connectivity index (χ3n) is 3.45. The van der Waals surface area contributed by atoms with Gasteiger partial charge in [0.15, 0.2) is 0 Å². The van der Waals surface area contributed by atoms with Crippen molar-refractivity contribution >= 4 is 29.0 Å². The zero-order chi connectivity index (χ0) is 16.8. The van der Waals surface area contributed by atoms with Crippen LogP contribution >= 0.6 is 11.3 Å². The van der Waals surface area contributed by atoms with E-state index in [0.29, 0.717) is 11.4 Å². The van der Waals surface area contributed by atoms with Crippen molar-refractivity contribution in [2.24, 2.45) is 0 Å². The van der Waals surface area contributed by atoms with E-state index in [2.05, 4.69) is 23.5 Å². The zero-order valence-corrected chi connectivity index (χ0v) is 14.0. The molecule has 0 unspecified atom stereocenters. The Morgan fingerprint density at radius 1 is 1.00 bits per heavy atom. The van der Waals surface area contributed by atoms with E-state index in [1.165, 1.54) is 16.5 Å². The van der Waals surface area contributed by atoms with Gasteiger partial charge in [0.1, 0.15) is 5.75 Å². The van der Waals surface area contributed by atoms with Crippen molar-refractivity contribution in [2.45, 2.75) is 0 Å². The lowest BCUT2D eigenvalue weighted by Gasteiger charge is -2.07. The Bertz CT molecular complexity index is 853. The number of anilines is 1. The molecular formula is C20H17NO2S. The highest BCUT2D eigenvalue weighted by Gasteiger charge is 2.04. The summed E-state index contributed by atoms with van der Waals surface area (Å²) < 4.78 is 5.22. The van der Waals surface area contributed by atoms with Crippen LogP contribution in [0.1, 0.15) is 4.88 Å². The average molecular weight is 335 g/mol. The summed E-state index contributed by atoms with van der Waals surface area (Å²) in [5.74, 6) is 0.455. The summed E-state index contributed by atoms with van der Waals surface area (Å²) in [5.41, 5.74) is 1.84. The summed E-state index contributed by atoms with van der Waals surface area (Å²) >= 11 is 1.65. The number of hydrogen-bond acceptors (Lipinski definition) is 3. The molecule has 0 fully saturated rings. The Morgan fingerprint density at radius 3 is 2.54 bits per heavy atom. The molecule has 1 amide bonds. The highest BCUT2D eigenvalue weighted by molar-refractivity contribution is 7.16. The highest BCUT2D eigenvalue weighted by atomic mass is 32.1. The summed E-state index contributed by atoms with van der Waals surface area (Å²) in [6, 6.07) is 21.6. The van der Waals surface area contributed by atoms with Gasteiger partial charge in [0, 0.05) is 15.8 Å². The molecule has 0 saturated carbocycles. The van der Waals surface area contributed by atoms with E-state index in [4.69, 9.17) is 4.74 Å². The number of hydrogen-bond donors (Lipinski definition) is 1. The molecular weight excluding hydrogens is 318 g/mol. The SMILES string of the molecule is COc1ccccc1NC(=O)/C=C/c1ccc(-c2ccccc2)s1. The van der Waals surface area contributed by atoms with Crippen LogP contribution in [0.2, 0.25) is 0 Å². The van der Waals surface area contributed by atoms with Crippen LogP contribution in [-0.4, -0.2) is 13.0 Å². The second kappa shape index (κ2) is 7.62. The van der Waals surface area contributed by atoms with Crippen LogP contribution < -0.4 is 10.1 Å². The second-order valence-corrected chi connectivity index (χ2v) is 6.21. The molecule has 4 heteroatoms. The Balaban J connectivity index is 1.68. The van der Waals surface area contributed by atoms with Crippen molar-refractivity contribution in [3.05, 3.63) is 77.7 Å². The predicted octanol–water partition coefficient (Wildman–Crippen LogP) is 5.08. The molecule has 0 aliphatic rings. The van der Waals surface area contributed by atoms with Crippen LogP contribution in [0, 0.1) is 0 Å². The molecule has 0 bridgehead atoms. The molecule has 120 valence electrons. The molecule has 24 heavy (non-hydrogen) atoms. The van der Waals surface area contributed by atoms with Gasteiger partial charge in [-0.25, -0.2) is 0 Å². The van der Waals surface area contributed by atoms with Gasteiger partial charge in [0.2, 0.25) is 5.91 Å². The number of amides is 1. The normalized spacial score (nSPS) is 10.7. The summed E-state index contributed by atoms with van der Waals surface area (Å²) in [6.07, 6.45) is 3.36. The number of methoxy groups -OCH3 is 1. The van der Waals surface area contributed by atoms with Crippen molar-refractivity contribution in [1.82, 2.24) is 0 Å². The van der Waals surface area contributed by atoms with E-state index in [1.807, 2.05) is 54.6 Å². The van der Waals surface area contributed by atoms with Gasteiger partial charge in [0.05, 0.1) is 12.8 Å². The lowest BCUT2D eigenvalue weighted by molar-refractivity contribution is -0.111. The number of benzene rings is 2. The first-order chi connectivity index (χ1) is 11.8. The van der Waals surface area contributed by atoms with Crippen molar-refractivity contribution in [3.63, 3.8) is 0 Å². The highest BCUT2D eigenvalue weighted by Crippen LogP contribution is 2.28. The van der Waals surface area contributed by atoms with Crippen LogP contribution in [-0.2, 0) is 4.79 Å². The summed E-state index contributed by atoms with van der Waals surface area (Å²) in [4.78, 5) is 14.3. The largest absolute Gasteiger partial charge is 0.495 e. The minimum absolute atomic E-state index is 0.186. The zero-order valence-electron chi connectivity index (χ0n) is 13.2. The van der Waals surface area contributed by atoms with Gasteiger partial charge in [-0.15, -0.1) is 11.3 Å². The first-order valence-electron chi connectivity index (χ1n) is 7.53. The van der Waals surface area contributed by atoms with Gasteiger partial charge in [-0.05, 0) is 35.9 Å². The van der Waals surface area contributed by atoms with E-state index in [-0.39, 0.29) is 5.91 Å². The quantitative estimate of drug-likeness (QED) is 0.661. The number of ether oxygens (including phenoxy) is 1. The molecule has 3 rings (SSSR count). The van der Waals surface area contributed by atoms with Crippen LogP contribution in [0.15, 0.2) is 72.8 Å². The first-order valence-corrected chi connectivity index (χ1v) is 8.35. The number of carbonyl (C=O) groups excluding carboxylic acids is 1. The minimum atomic E-state index is -0.186. The average Bonchev–Trinajstić information content (AvgIpc) is 3.10. The summed E-state index contributed by atoms with van der Waals surface area (Å²) in [6.45, 7) is 0. The fourth-order valence-electron chi connectivity index (χ4n) is 2.28. The minimum Gasteiger partial charge on any atom is -0.495 e. The maximum atomic E-state index is 12.1. The smallest absolute Gasteiger partial charge is 0.248 e. The molecule has 0 aliphatic heterocycles. The Kier molecular flexibility index (Phi) is 5.08. The van der Waals surface area contributed by atoms with Crippen molar-refractivity contribution in [1.29, 1.82) is 0 Å². The van der Waals surface area contributed by atoms with Crippen molar-refractivity contribution in [3.8, 4) is 16.2 Å². The van der Waals surface area contributed by atoms with Gasteiger partial charge < -0.3 is 10.1 Å². The summed E-state index contributed by atoms with van der Waals surface area (Å²) in [7, 11) is 1.58. The standard InChI is InChI=1S/C20H17NO2S/c1-23-18-10-6-5-9-17(18)21-20(22)14-12-16-11-13-19(24-16)15-7-3-2-4-8-15/h2-14H,1H3,(H,21,22)/b14-12+. The molecule has 3 aromatic rings. The molecule has 0 spiro atoms. The molecule has 0 saturated heterocycles. The predicted molar refractivity (Wildman–Crippen MR) is 100 cm³/mol. The Labute approximate surface area is 145 Å². The van der Waals surface area contributed by atoms with E-state index in [9.17, 15) is 4.79 Å². The Morgan fingerprint density at radius 2 is 1.75 bits per heavy atom. The lowest BCUT2D eigenvalue weighted by atomic mass is 10.2. The third-order valence-corrected chi connectivity index (χ3v) is 4.55. The van der Waals surface area contributed by atoms with Gasteiger partial charge in [-0.1, -0.05) is 42.5 Å². The number of rotatable bonds is 5. The molecule has 1 heterocycles. The lowest BCUT2D eigenvalue weighted by Crippen LogP contribution is -2.08. The van der Waals surface area contributed by atoms with Crippen LogP contribution in [0.3, 0.4) is 0 Å². The topological polar surface area (TPSA) is 38.3 Å². The fourth-order valence-corrected chi connectivity index (χ4v) is 3.20. The second-order valence-electron chi connectivity index (χ2n) is 5.09. The molecule has 3 nitrogen and oxygen atoms in total. The Hall–Kier alpha value is -2.85. The number of thiophene rings is 1.